The fraction of sp³-hybridized carbons (Fsp3) is 0.353. The number of methoxy groups -OCH3 is 1. The Morgan fingerprint density at radius 2 is 2.19 bits per heavy atom. The minimum atomic E-state index is -0.536. The summed E-state index contributed by atoms with van der Waals surface area (Å²) in [5, 5.41) is 0. The molecule has 1 heterocycles. The van der Waals surface area contributed by atoms with Gasteiger partial charge in [0, 0.05) is 12.0 Å². The van der Waals surface area contributed by atoms with Gasteiger partial charge >= 0.3 is 5.97 Å². The van der Waals surface area contributed by atoms with Crippen LogP contribution in [0.3, 0.4) is 0 Å². The van der Waals surface area contributed by atoms with Crippen molar-refractivity contribution in [3.63, 3.8) is 0 Å². The summed E-state index contributed by atoms with van der Waals surface area (Å²) in [6, 6.07) is 4.29. The lowest BCUT2D eigenvalue weighted by molar-refractivity contribution is -0.142. The fourth-order valence-corrected chi connectivity index (χ4v) is 2.85. The van der Waals surface area contributed by atoms with Gasteiger partial charge in [-0.05, 0) is 36.1 Å². The van der Waals surface area contributed by atoms with Crippen LogP contribution in [0, 0.1) is 11.7 Å². The van der Waals surface area contributed by atoms with Gasteiger partial charge in [0.1, 0.15) is 17.3 Å². The Morgan fingerprint density at radius 3 is 2.95 bits per heavy atom. The van der Waals surface area contributed by atoms with Crippen molar-refractivity contribution in [3.05, 3.63) is 53.1 Å². The number of allylic oxidation sites excluding steroid dienone is 4. The summed E-state index contributed by atoms with van der Waals surface area (Å²) in [6.45, 7) is 2.11. The molecule has 2 aliphatic rings. The minimum absolute atomic E-state index is 0.369. The Bertz CT molecular complexity index is 645. The van der Waals surface area contributed by atoms with Crippen molar-refractivity contribution >= 4 is 5.97 Å². The van der Waals surface area contributed by atoms with Gasteiger partial charge in [0.2, 0.25) is 0 Å². The second kappa shape index (κ2) is 5.35. The van der Waals surface area contributed by atoms with E-state index in [4.69, 9.17) is 9.47 Å². The zero-order chi connectivity index (χ0) is 15.0. The number of halogens is 1. The maximum absolute atomic E-state index is 13.6. The van der Waals surface area contributed by atoms with Crippen LogP contribution < -0.4 is 4.74 Å². The molecule has 3 rings (SSSR count). The third kappa shape index (κ3) is 2.58. The highest BCUT2D eigenvalue weighted by Crippen LogP contribution is 2.41. The number of fused-ring (bicyclic) bond motifs is 1. The van der Waals surface area contributed by atoms with E-state index in [9.17, 15) is 9.18 Å². The van der Waals surface area contributed by atoms with Crippen molar-refractivity contribution in [2.24, 2.45) is 5.92 Å². The van der Waals surface area contributed by atoms with Gasteiger partial charge in [-0.1, -0.05) is 19.1 Å². The van der Waals surface area contributed by atoms with E-state index >= 15 is 0 Å². The molecular formula is C17H17FO3. The van der Waals surface area contributed by atoms with E-state index in [1.165, 1.54) is 19.2 Å². The second-order valence-electron chi connectivity index (χ2n) is 5.55. The zero-order valence-corrected chi connectivity index (χ0v) is 12.1. The summed E-state index contributed by atoms with van der Waals surface area (Å²) in [5.74, 6) is 0.512. The summed E-state index contributed by atoms with van der Waals surface area (Å²) in [5.41, 5.74) is 1.54. The van der Waals surface area contributed by atoms with Crippen LogP contribution in [0.5, 0.6) is 5.75 Å². The molecule has 110 valence electrons. The Hall–Kier alpha value is -2.10. The summed E-state index contributed by atoms with van der Waals surface area (Å²) >= 11 is 0. The van der Waals surface area contributed by atoms with Gasteiger partial charge in [-0.25, -0.2) is 4.39 Å². The molecule has 2 unspecified atom stereocenters. The molecule has 1 aromatic rings. The fourth-order valence-electron chi connectivity index (χ4n) is 2.85. The number of hydrogen-bond donors (Lipinski definition) is 0. The number of rotatable bonds is 1. The molecule has 4 heteroatoms. The lowest BCUT2D eigenvalue weighted by atomic mass is 9.88. The first-order chi connectivity index (χ1) is 10.1. The first-order valence-electron chi connectivity index (χ1n) is 7.04. The second-order valence-corrected chi connectivity index (χ2v) is 5.55. The first kappa shape index (κ1) is 13.9. The molecule has 0 bridgehead atoms. The van der Waals surface area contributed by atoms with E-state index in [0.717, 1.165) is 17.8 Å². The van der Waals surface area contributed by atoms with Crippen LogP contribution in [0.4, 0.5) is 4.39 Å². The Kier molecular flexibility index (Phi) is 3.53. The van der Waals surface area contributed by atoms with E-state index < -0.39 is 5.92 Å². The third-order valence-corrected chi connectivity index (χ3v) is 3.98. The average Bonchev–Trinajstić information content (AvgIpc) is 2.62. The number of carbonyl (C=O) groups excluding carboxylic acids is 1. The molecule has 1 aliphatic carbocycles. The summed E-state index contributed by atoms with van der Waals surface area (Å²) in [6.07, 6.45) is 5.37. The smallest absolute Gasteiger partial charge is 0.313 e. The van der Waals surface area contributed by atoms with Crippen LogP contribution in [-0.2, 0) is 9.53 Å². The maximum atomic E-state index is 13.6. The Balaban J connectivity index is 2.08. The van der Waals surface area contributed by atoms with Crippen LogP contribution in [0.15, 0.2) is 41.7 Å². The molecule has 0 saturated carbocycles. The van der Waals surface area contributed by atoms with Crippen molar-refractivity contribution in [2.45, 2.75) is 25.7 Å². The molecule has 1 aliphatic heterocycles. The van der Waals surface area contributed by atoms with Gasteiger partial charge in [0.15, 0.2) is 0 Å². The highest BCUT2D eigenvalue weighted by atomic mass is 19.1. The molecule has 3 nitrogen and oxygen atoms in total. The molecule has 0 saturated heterocycles. The van der Waals surface area contributed by atoms with E-state index in [0.29, 0.717) is 23.7 Å². The van der Waals surface area contributed by atoms with Gasteiger partial charge in [0.25, 0.3) is 0 Å². The van der Waals surface area contributed by atoms with Crippen molar-refractivity contribution < 1.29 is 18.7 Å². The lowest BCUT2D eigenvalue weighted by Gasteiger charge is -2.18. The van der Waals surface area contributed by atoms with E-state index in [1.54, 1.807) is 6.07 Å². The van der Waals surface area contributed by atoms with Gasteiger partial charge in [0.05, 0.1) is 13.0 Å². The largest absolute Gasteiger partial charge is 0.469 e. The molecule has 0 aromatic heterocycles. The molecule has 0 radical (unpaired) electrons. The molecule has 0 N–H and O–H groups in total. The van der Waals surface area contributed by atoms with Crippen LogP contribution in [-0.4, -0.2) is 13.1 Å². The summed E-state index contributed by atoms with van der Waals surface area (Å²) < 4.78 is 24.4. The number of ether oxygens (including phenoxy) is 2. The molecule has 0 fully saturated rings. The molecule has 2 atom stereocenters. The van der Waals surface area contributed by atoms with E-state index in [2.05, 4.69) is 13.0 Å². The quantitative estimate of drug-likeness (QED) is 0.739. The van der Waals surface area contributed by atoms with Gasteiger partial charge in [-0.15, -0.1) is 0 Å². The number of carbonyl (C=O) groups is 1. The first-order valence-corrected chi connectivity index (χ1v) is 7.04. The zero-order valence-electron chi connectivity index (χ0n) is 12.1. The van der Waals surface area contributed by atoms with Crippen molar-refractivity contribution in [1.29, 1.82) is 0 Å². The predicted molar refractivity (Wildman–Crippen MR) is 76.3 cm³/mol. The topological polar surface area (TPSA) is 35.5 Å². The van der Waals surface area contributed by atoms with Crippen molar-refractivity contribution in [2.75, 3.05) is 7.11 Å². The SMILES string of the molecule is COC(=O)C1CC2=C(CC(C)C=C2)Oc2ccc(F)cc21. The monoisotopic (exact) mass is 288 g/mol. The summed E-state index contributed by atoms with van der Waals surface area (Å²) in [7, 11) is 1.35. The summed E-state index contributed by atoms with van der Waals surface area (Å²) in [4.78, 5) is 12.1. The normalized spacial score (nSPS) is 23.8. The Labute approximate surface area is 123 Å². The number of esters is 1. The maximum Gasteiger partial charge on any atom is 0.313 e. The van der Waals surface area contributed by atoms with Crippen LogP contribution in [0.1, 0.15) is 31.2 Å². The van der Waals surface area contributed by atoms with Gasteiger partial charge in [-0.3, -0.25) is 4.79 Å². The molecule has 0 spiro atoms. The third-order valence-electron chi connectivity index (χ3n) is 3.98. The van der Waals surface area contributed by atoms with Crippen molar-refractivity contribution in [3.8, 4) is 5.75 Å². The van der Waals surface area contributed by atoms with Crippen LogP contribution in [0.25, 0.3) is 0 Å². The average molecular weight is 288 g/mol. The van der Waals surface area contributed by atoms with Crippen molar-refractivity contribution in [1.82, 2.24) is 0 Å². The van der Waals surface area contributed by atoms with Crippen LogP contribution >= 0.6 is 0 Å². The molecule has 1 aromatic carbocycles. The minimum Gasteiger partial charge on any atom is -0.469 e. The molecule has 21 heavy (non-hydrogen) atoms. The van der Waals surface area contributed by atoms with E-state index in [-0.39, 0.29) is 11.8 Å². The standard InChI is InChI=1S/C17H17FO3/c1-10-3-4-11-8-14(17(19)20-2)13-9-12(18)5-6-15(13)21-16(11)7-10/h3-6,9-10,14H,7-8H2,1-2H3. The van der Waals surface area contributed by atoms with Crippen LogP contribution in [0.2, 0.25) is 0 Å². The molecular weight excluding hydrogens is 271 g/mol. The molecule has 0 amide bonds. The number of hydrogen-bond acceptors (Lipinski definition) is 3. The van der Waals surface area contributed by atoms with Gasteiger partial charge < -0.3 is 9.47 Å². The van der Waals surface area contributed by atoms with Gasteiger partial charge in [-0.2, -0.15) is 0 Å². The lowest BCUT2D eigenvalue weighted by Crippen LogP contribution is -2.15. The number of benzene rings is 1. The Morgan fingerprint density at radius 1 is 1.38 bits per heavy atom. The predicted octanol–water partition coefficient (Wildman–Crippen LogP) is 3.71. The highest BCUT2D eigenvalue weighted by molar-refractivity contribution is 5.80. The highest BCUT2D eigenvalue weighted by Gasteiger charge is 2.31. The van der Waals surface area contributed by atoms with E-state index in [1.807, 2.05) is 6.08 Å².